The molecule has 0 saturated heterocycles. The molecular weight excluding hydrogens is 266 g/mol. The molecule has 0 heterocycles. The van der Waals surface area contributed by atoms with E-state index >= 15 is 0 Å². The van der Waals surface area contributed by atoms with Gasteiger partial charge in [-0.1, -0.05) is 13.3 Å². The molecule has 114 valence electrons. The van der Waals surface area contributed by atoms with Crippen molar-refractivity contribution >= 4 is 17.6 Å². The summed E-state index contributed by atoms with van der Waals surface area (Å²) < 4.78 is 5.51. The molecular formula is C17H23NO3. The molecule has 0 radical (unpaired) electrons. The van der Waals surface area contributed by atoms with Gasteiger partial charge in [0.05, 0.1) is 5.56 Å². The van der Waals surface area contributed by atoms with Crippen molar-refractivity contribution in [2.24, 2.45) is 0 Å². The van der Waals surface area contributed by atoms with Gasteiger partial charge in [0.15, 0.2) is 0 Å². The highest BCUT2D eigenvalue weighted by Crippen LogP contribution is 2.21. The van der Waals surface area contributed by atoms with Crippen LogP contribution in [0.1, 0.15) is 62.2 Å². The number of anilines is 1. The smallest absolute Gasteiger partial charge is 0.338 e. The number of amides is 1. The Morgan fingerprint density at radius 1 is 1.14 bits per heavy atom. The van der Waals surface area contributed by atoms with Gasteiger partial charge in [-0.3, -0.25) is 4.79 Å². The molecule has 1 aliphatic rings. The van der Waals surface area contributed by atoms with Gasteiger partial charge in [0, 0.05) is 12.1 Å². The molecule has 1 fully saturated rings. The Morgan fingerprint density at radius 3 is 2.43 bits per heavy atom. The van der Waals surface area contributed by atoms with E-state index in [1.165, 1.54) is 6.42 Å². The van der Waals surface area contributed by atoms with Crippen molar-refractivity contribution in [1.82, 2.24) is 0 Å². The lowest BCUT2D eigenvalue weighted by Crippen LogP contribution is -2.20. The van der Waals surface area contributed by atoms with Crippen molar-refractivity contribution in [3.8, 4) is 0 Å². The van der Waals surface area contributed by atoms with Gasteiger partial charge in [0.2, 0.25) is 5.91 Å². The quantitative estimate of drug-likeness (QED) is 0.836. The molecule has 0 aliphatic heterocycles. The SMILES string of the molecule is CCCC(=O)Nc1ccc(C(=O)OC2CCCCC2)cc1. The number of hydrogen-bond acceptors (Lipinski definition) is 3. The normalized spacial score (nSPS) is 15.5. The predicted molar refractivity (Wildman–Crippen MR) is 82.3 cm³/mol. The maximum absolute atomic E-state index is 12.0. The lowest BCUT2D eigenvalue weighted by molar-refractivity contribution is -0.116. The van der Waals surface area contributed by atoms with Crippen molar-refractivity contribution < 1.29 is 14.3 Å². The largest absolute Gasteiger partial charge is 0.459 e. The molecule has 0 unspecified atom stereocenters. The van der Waals surface area contributed by atoms with Crippen molar-refractivity contribution in [1.29, 1.82) is 0 Å². The highest BCUT2D eigenvalue weighted by atomic mass is 16.5. The Bertz CT molecular complexity index is 475. The van der Waals surface area contributed by atoms with E-state index in [9.17, 15) is 9.59 Å². The lowest BCUT2D eigenvalue weighted by Gasteiger charge is -2.21. The third kappa shape index (κ3) is 4.88. The first kappa shape index (κ1) is 15.5. The van der Waals surface area contributed by atoms with Crippen molar-refractivity contribution in [3.63, 3.8) is 0 Å². The summed E-state index contributed by atoms with van der Waals surface area (Å²) in [7, 11) is 0. The Hall–Kier alpha value is -1.84. The summed E-state index contributed by atoms with van der Waals surface area (Å²) in [6, 6.07) is 6.88. The average molecular weight is 289 g/mol. The van der Waals surface area contributed by atoms with Gasteiger partial charge in [0.25, 0.3) is 0 Å². The van der Waals surface area contributed by atoms with E-state index in [4.69, 9.17) is 4.74 Å². The summed E-state index contributed by atoms with van der Waals surface area (Å²) in [6.45, 7) is 1.96. The fourth-order valence-electron chi connectivity index (χ4n) is 2.54. The molecule has 0 aromatic heterocycles. The van der Waals surface area contributed by atoms with Crippen LogP contribution in [0.3, 0.4) is 0 Å². The van der Waals surface area contributed by atoms with Crippen LogP contribution in [0, 0.1) is 0 Å². The van der Waals surface area contributed by atoms with Gasteiger partial charge in [-0.25, -0.2) is 4.79 Å². The highest BCUT2D eigenvalue weighted by Gasteiger charge is 2.18. The minimum Gasteiger partial charge on any atom is -0.459 e. The maximum atomic E-state index is 12.0. The molecule has 1 aromatic carbocycles. The highest BCUT2D eigenvalue weighted by molar-refractivity contribution is 5.93. The molecule has 1 amide bonds. The standard InChI is InChI=1S/C17H23NO3/c1-2-6-16(19)18-14-11-9-13(10-12-14)17(20)21-15-7-4-3-5-8-15/h9-12,15H,2-8H2,1H3,(H,18,19). The summed E-state index contributed by atoms with van der Waals surface area (Å²) in [5, 5.41) is 2.80. The van der Waals surface area contributed by atoms with E-state index in [2.05, 4.69) is 5.32 Å². The number of benzene rings is 1. The summed E-state index contributed by atoms with van der Waals surface area (Å²) in [6.07, 6.45) is 6.84. The van der Waals surface area contributed by atoms with Crippen LogP contribution < -0.4 is 5.32 Å². The molecule has 4 nitrogen and oxygen atoms in total. The molecule has 1 aromatic rings. The van der Waals surface area contributed by atoms with Crippen LogP contribution in [-0.4, -0.2) is 18.0 Å². The molecule has 1 N–H and O–H groups in total. The first-order valence-electron chi connectivity index (χ1n) is 7.80. The van der Waals surface area contributed by atoms with Gasteiger partial charge in [-0.15, -0.1) is 0 Å². The molecule has 4 heteroatoms. The number of nitrogens with one attached hydrogen (secondary N) is 1. The third-order valence-electron chi connectivity index (χ3n) is 3.71. The Balaban J connectivity index is 1.88. The van der Waals surface area contributed by atoms with Crippen LogP contribution >= 0.6 is 0 Å². The maximum Gasteiger partial charge on any atom is 0.338 e. The van der Waals surface area contributed by atoms with E-state index < -0.39 is 0 Å². The third-order valence-corrected chi connectivity index (χ3v) is 3.71. The zero-order valence-corrected chi connectivity index (χ0v) is 12.6. The molecule has 0 spiro atoms. The minimum absolute atomic E-state index is 0.00460. The van der Waals surface area contributed by atoms with Crippen LogP contribution in [0.2, 0.25) is 0 Å². The van der Waals surface area contributed by atoms with E-state index in [-0.39, 0.29) is 18.0 Å². The molecule has 1 aliphatic carbocycles. The fraction of sp³-hybridized carbons (Fsp3) is 0.529. The second-order valence-corrected chi connectivity index (χ2v) is 5.54. The van der Waals surface area contributed by atoms with Gasteiger partial charge in [0.1, 0.15) is 6.10 Å². The Morgan fingerprint density at radius 2 is 1.81 bits per heavy atom. The number of carbonyl (C=O) groups is 2. The van der Waals surface area contributed by atoms with Gasteiger partial charge in [-0.2, -0.15) is 0 Å². The summed E-state index contributed by atoms with van der Waals surface area (Å²) >= 11 is 0. The van der Waals surface area contributed by atoms with Crippen LogP contribution in [0.15, 0.2) is 24.3 Å². The number of ether oxygens (including phenoxy) is 1. The monoisotopic (exact) mass is 289 g/mol. The summed E-state index contributed by atoms with van der Waals surface area (Å²) in [5.41, 5.74) is 1.25. The predicted octanol–water partition coefficient (Wildman–Crippen LogP) is 3.91. The van der Waals surface area contributed by atoms with Crippen LogP contribution in [0.5, 0.6) is 0 Å². The summed E-state index contributed by atoms with van der Waals surface area (Å²) in [4.78, 5) is 23.5. The summed E-state index contributed by atoms with van der Waals surface area (Å²) in [5.74, 6) is -0.275. The van der Waals surface area contributed by atoms with Gasteiger partial charge in [-0.05, 0) is 56.4 Å². The zero-order valence-electron chi connectivity index (χ0n) is 12.6. The molecule has 0 bridgehead atoms. The topological polar surface area (TPSA) is 55.4 Å². The van der Waals surface area contributed by atoms with Crippen LogP contribution in [0.4, 0.5) is 5.69 Å². The first-order valence-corrected chi connectivity index (χ1v) is 7.80. The second-order valence-electron chi connectivity index (χ2n) is 5.54. The van der Waals surface area contributed by atoms with E-state index in [1.807, 2.05) is 6.92 Å². The van der Waals surface area contributed by atoms with Gasteiger partial charge < -0.3 is 10.1 Å². The van der Waals surface area contributed by atoms with Crippen LogP contribution in [-0.2, 0) is 9.53 Å². The molecule has 2 rings (SSSR count). The Kier molecular flexibility index (Phi) is 5.78. The zero-order chi connectivity index (χ0) is 15.1. The number of rotatable bonds is 5. The number of carbonyl (C=O) groups excluding carboxylic acids is 2. The second kappa shape index (κ2) is 7.81. The van der Waals surface area contributed by atoms with Crippen molar-refractivity contribution in [2.45, 2.75) is 58.0 Å². The first-order chi connectivity index (χ1) is 10.2. The van der Waals surface area contributed by atoms with E-state index in [0.29, 0.717) is 17.7 Å². The van der Waals surface area contributed by atoms with Gasteiger partial charge >= 0.3 is 5.97 Å². The lowest BCUT2D eigenvalue weighted by atomic mass is 9.98. The van der Waals surface area contributed by atoms with E-state index in [0.717, 1.165) is 32.1 Å². The van der Waals surface area contributed by atoms with Crippen LogP contribution in [0.25, 0.3) is 0 Å². The van der Waals surface area contributed by atoms with Crippen molar-refractivity contribution in [3.05, 3.63) is 29.8 Å². The Labute approximate surface area is 125 Å². The molecule has 21 heavy (non-hydrogen) atoms. The average Bonchev–Trinajstić information content (AvgIpc) is 2.49. The number of esters is 1. The molecule has 0 atom stereocenters. The number of hydrogen-bond donors (Lipinski definition) is 1. The molecule has 1 saturated carbocycles. The fourth-order valence-corrected chi connectivity index (χ4v) is 2.54. The van der Waals surface area contributed by atoms with E-state index in [1.54, 1.807) is 24.3 Å². The minimum atomic E-state index is -0.270. The van der Waals surface area contributed by atoms with Crippen molar-refractivity contribution in [2.75, 3.05) is 5.32 Å².